The first kappa shape index (κ1) is 28.4. The molecule has 4 aliphatic carbocycles. The van der Waals surface area contributed by atoms with E-state index in [-0.39, 0.29) is 30.6 Å². The molecule has 0 unspecified atom stereocenters. The van der Waals surface area contributed by atoms with Gasteiger partial charge < -0.3 is 20.1 Å². The minimum atomic E-state index is -1.78. The first-order valence-corrected chi connectivity index (χ1v) is 15.4. The summed E-state index contributed by atoms with van der Waals surface area (Å²) < 4.78 is 7.12. The fourth-order valence-corrected chi connectivity index (χ4v) is 9.08. The normalized spacial score (nSPS) is 35.8. The number of benzene rings is 3. The van der Waals surface area contributed by atoms with Crippen molar-refractivity contribution in [1.29, 1.82) is 0 Å². The number of hydrogen-bond acceptors (Lipinski definition) is 5. The van der Waals surface area contributed by atoms with Gasteiger partial charge in [-0.15, -0.1) is 0 Å². The fourth-order valence-electron chi connectivity index (χ4n) is 9.08. The SMILES string of the molecule is C[C@@H]1C[C@]2(O)[C@H]([C@@H]3C=C(COC(c4ccccc4)(c4ccccc4)c4ccccc4)C[C@]4(O)C(=O)C=C[C@H]4[C@@]13O)C2(C)C. The van der Waals surface area contributed by atoms with Gasteiger partial charge in [0.25, 0.3) is 0 Å². The van der Waals surface area contributed by atoms with Crippen LogP contribution >= 0.6 is 0 Å². The van der Waals surface area contributed by atoms with Crippen LogP contribution in [0.2, 0.25) is 0 Å². The zero-order valence-electron chi connectivity index (χ0n) is 25.0. The molecule has 0 radical (unpaired) electrons. The van der Waals surface area contributed by atoms with Gasteiger partial charge in [-0.05, 0) is 40.7 Å². The Hall–Kier alpha value is -3.35. The molecule has 43 heavy (non-hydrogen) atoms. The molecule has 3 N–H and O–H groups in total. The van der Waals surface area contributed by atoms with Gasteiger partial charge in [0.2, 0.25) is 0 Å². The molecule has 2 saturated carbocycles. The van der Waals surface area contributed by atoms with Crippen molar-refractivity contribution < 1.29 is 24.9 Å². The van der Waals surface area contributed by atoms with Crippen LogP contribution in [0.25, 0.3) is 0 Å². The zero-order chi connectivity index (χ0) is 30.3. The maximum atomic E-state index is 13.3. The van der Waals surface area contributed by atoms with E-state index in [1.165, 1.54) is 6.08 Å². The number of rotatable bonds is 6. The Morgan fingerprint density at radius 2 is 1.35 bits per heavy atom. The Labute approximate surface area is 253 Å². The molecule has 0 amide bonds. The van der Waals surface area contributed by atoms with Crippen molar-refractivity contribution in [3.8, 4) is 0 Å². The minimum Gasteiger partial charge on any atom is -0.389 e. The van der Waals surface area contributed by atoms with E-state index in [0.29, 0.717) is 6.42 Å². The van der Waals surface area contributed by atoms with Gasteiger partial charge in [-0.3, -0.25) is 4.79 Å². The van der Waals surface area contributed by atoms with Crippen molar-refractivity contribution in [2.24, 2.45) is 29.1 Å². The molecule has 7 atom stereocenters. The maximum Gasteiger partial charge on any atom is 0.187 e. The van der Waals surface area contributed by atoms with E-state index in [0.717, 1.165) is 22.3 Å². The van der Waals surface area contributed by atoms with Crippen LogP contribution in [0.15, 0.2) is 115 Å². The van der Waals surface area contributed by atoms with Crippen molar-refractivity contribution in [2.45, 2.75) is 56.0 Å². The smallest absolute Gasteiger partial charge is 0.187 e. The van der Waals surface area contributed by atoms with Gasteiger partial charge in [0.05, 0.1) is 17.8 Å². The summed E-state index contributed by atoms with van der Waals surface area (Å²) in [6.45, 7) is 6.16. The Balaban J connectivity index is 1.37. The summed E-state index contributed by atoms with van der Waals surface area (Å²) in [5.41, 5.74) is -1.86. The number of carbonyl (C=O) groups is 1. The molecule has 0 heterocycles. The summed E-state index contributed by atoms with van der Waals surface area (Å²) in [5, 5.41) is 36.4. The molecule has 222 valence electrons. The third kappa shape index (κ3) is 3.82. The second-order valence-electron chi connectivity index (χ2n) is 13.8. The van der Waals surface area contributed by atoms with Gasteiger partial charge in [-0.1, -0.05) is 124 Å². The first-order valence-electron chi connectivity index (χ1n) is 15.4. The topological polar surface area (TPSA) is 87.0 Å². The van der Waals surface area contributed by atoms with Crippen LogP contribution in [-0.4, -0.2) is 44.5 Å². The number of carbonyl (C=O) groups excluding carboxylic acids is 1. The lowest BCUT2D eigenvalue weighted by Gasteiger charge is -2.50. The summed E-state index contributed by atoms with van der Waals surface area (Å²) in [7, 11) is 0. The molecule has 0 aliphatic heterocycles. The standard InChI is InChI=1S/C38H40O5/c1-25-22-36(41)33(34(36,2)3)30-21-26(23-35(40)31(37(25,30)42)19-20-32(35)39)24-43-38(27-13-7-4-8-14-27,28-15-9-5-10-16-28)29-17-11-6-12-18-29/h4-21,25,30-31,33,40-42H,22-24H2,1-3H3/t25-,30+,31-,33-,35-,36+,37-/m1/s1. The van der Waals surface area contributed by atoms with Crippen LogP contribution in [0, 0.1) is 29.1 Å². The Bertz CT molecular complexity index is 1500. The molecular weight excluding hydrogens is 536 g/mol. The molecule has 5 nitrogen and oxygen atoms in total. The summed E-state index contributed by atoms with van der Waals surface area (Å²) in [6.07, 6.45) is 5.63. The Morgan fingerprint density at radius 1 is 0.837 bits per heavy atom. The van der Waals surface area contributed by atoms with Gasteiger partial charge >= 0.3 is 0 Å². The highest BCUT2D eigenvalue weighted by atomic mass is 16.5. The lowest BCUT2D eigenvalue weighted by atomic mass is 9.60. The van der Waals surface area contributed by atoms with Crippen molar-refractivity contribution in [3.05, 3.63) is 131 Å². The van der Waals surface area contributed by atoms with E-state index in [9.17, 15) is 20.1 Å². The molecule has 0 bridgehead atoms. The van der Waals surface area contributed by atoms with E-state index in [1.54, 1.807) is 6.08 Å². The Morgan fingerprint density at radius 3 is 1.86 bits per heavy atom. The van der Waals surface area contributed by atoms with Gasteiger partial charge in [0, 0.05) is 29.6 Å². The fraction of sp³-hybridized carbons (Fsp3) is 0.395. The second kappa shape index (κ2) is 9.57. The predicted molar refractivity (Wildman–Crippen MR) is 165 cm³/mol. The number of ketones is 1. The molecule has 7 rings (SSSR count). The third-order valence-electron chi connectivity index (χ3n) is 11.4. The van der Waals surface area contributed by atoms with Crippen LogP contribution in [0.5, 0.6) is 0 Å². The van der Waals surface area contributed by atoms with E-state index in [4.69, 9.17) is 4.74 Å². The molecule has 2 fully saturated rings. The minimum absolute atomic E-state index is 0.0507. The largest absolute Gasteiger partial charge is 0.389 e. The van der Waals surface area contributed by atoms with E-state index >= 15 is 0 Å². The Kier molecular flexibility index (Phi) is 6.33. The van der Waals surface area contributed by atoms with Crippen molar-refractivity contribution >= 4 is 5.78 Å². The van der Waals surface area contributed by atoms with Crippen molar-refractivity contribution in [2.75, 3.05) is 6.61 Å². The number of aliphatic hydroxyl groups is 3. The summed E-state index contributed by atoms with van der Waals surface area (Å²) >= 11 is 0. The van der Waals surface area contributed by atoms with Crippen LogP contribution in [0.1, 0.15) is 50.3 Å². The van der Waals surface area contributed by atoms with Crippen LogP contribution in [-0.2, 0) is 15.1 Å². The molecular formula is C38H40O5. The quantitative estimate of drug-likeness (QED) is 0.263. The zero-order valence-corrected chi connectivity index (χ0v) is 25.0. The van der Waals surface area contributed by atoms with Crippen molar-refractivity contribution in [3.63, 3.8) is 0 Å². The van der Waals surface area contributed by atoms with E-state index in [1.807, 2.05) is 67.6 Å². The summed E-state index contributed by atoms with van der Waals surface area (Å²) in [5.74, 6) is -2.15. The van der Waals surface area contributed by atoms with Crippen LogP contribution < -0.4 is 0 Å². The predicted octanol–water partition coefficient (Wildman–Crippen LogP) is 5.59. The molecule has 0 aromatic heterocycles. The molecule has 5 heteroatoms. The lowest BCUT2D eigenvalue weighted by molar-refractivity contribution is -0.177. The van der Waals surface area contributed by atoms with Gasteiger partial charge in [-0.2, -0.15) is 0 Å². The monoisotopic (exact) mass is 576 g/mol. The highest BCUT2D eigenvalue weighted by molar-refractivity contribution is 6.00. The maximum absolute atomic E-state index is 13.3. The van der Waals surface area contributed by atoms with Gasteiger partial charge in [0.15, 0.2) is 5.78 Å². The average molecular weight is 577 g/mol. The highest BCUT2D eigenvalue weighted by Crippen LogP contribution is 2.74. The highest BCUT2D eigenvalue weighted by Gasteiger charge is 2.80. The van der Waals surface area contributed by atoms with Crippen LogP contribution in [0.4, 0.5) is 0 Å². The van der Waals surface area contributed by atoms with E-state index in [2.05, 4.69) is 50.2 Å². The molecule has 4 aliphatic rings. The van der Waals surface area contributed by atoms with E-state index < -0.39 is 39.7 Å². The lowest BCUT2D eigenvalue weighted by Crippen LogP contribution is -2.60. The molecule has 0 saturated heterocycles. The first-order chi connectivity index (χ1) is 20.5. The average Bonchev–Trinajstić information content (AvgIpc) is 3.32. The molecule has 0 spiro atoms. The molecule has 3 aromatic carbocycles. The number of fused-ring (bicyclic) bond motifs is 5. The van der Waals surface area contributed by atoms with Crippen molar-refractivity contribution in [1.82, 2.24) is 0 Å². The second-order valence-corrected chi connectivity index (χ2v) is 13.8. The summed E-state index contributed by atoms with van der Waals surface area (Å²) in [6, 6.07) is 30.3. The van der Waals surface area contributed by atoms with Gasteiger partial charge in [-0.25, -0.2) is 0 Å². The third-order valence-corrected chi connectivity index (χ3v) is 11.4. The van der Waals surface area contributed by atoms with Crippen LogP contribution in [0.3, 0.4) is 0 Å². The van der Waals surface area contributed by atoms with Gasteiger partial charge in [0.1, 0.15) is 11.2 Å². The number of ether oxygens (including phenoxy) is 1. The molecule has 3 aromatic rings. The number of hydrogen-bond donors (Lipinski definition) is 3. The summed E-state index contributed by atoms with van der Waals surface area (Å²) in [4.78, 5) is 13.3.